The number of benzene rings is 1. The molecule has 0 radical (unpaired) electrons. The number of aryl methyl sites for hydroxylation is 1. The van der Waals surface area contributed by atoms with Crippen LogP contribution in [0.4, 0.5) is 0 Å². The molecule has 0 aliphatic rings. The van der Waals surface area contributed by atoms with Crippen LogP contribution in [0.25, 0.3) is 0 Å². The third-order valence-electron chi connectivity index (χ3n) is 3.85. The Labute approximate surface area is 153 Å². The largest absolute Gasteiger partial charge is 0.469 e. The van der Waals surface area contributed by atoms with Crippen molar-refractivity contribution in [2.75, 3.05) is 40.0 Å². The third kappa shape index (κ3) is 8.22. The van der Waals surface area contributed by atoms with Crippen molar-refractivity contribution < 1.29 is 29.0 Å². The summed E-state index contributed by atoms with van der Waals surface area (Å²) >= 11 is 0. The maximum Gasteiger partial charge on any atom is 0.307 e. The average molecular weight is 365 g/mol. The van der Waals surface area contributed by atoms with Gasteiger partial charge in [-0.15, -0.1) is 0 Å². The average Bonchev–Trinajstić information content (AvgIpc) is 2.65. The molecule has 0 spiro atoms. The molecule has 7 nitrogen and oxygen atoms in total. The summed E-state index contributed by atoms with van der Waals surface area (Å²) in [5, 5.41) is 8.72. The van der Waals surface area contributed by atoms with E-state index in [0.717, 1.165) is 5.56 Å². The van der Waals surface area contributed by atoms with Crippen LogP contribution in [0.15, 0.2) is 24.3 Å². The highest BCUT2D eigenvalue weighted by atomic mass is 16.5. The molecule has 0 aliphatic heterocycles. The lowest BCUT2D eigenvalue weighted by atomic mass is 10.0. The fraction of sp³-hybridized carbons (Fsp3) is 0.526. The van der Waals surface area contributed by atoms with Crippen molar-refractivity contribution >= 4 is 17.7 Å². The minimum Gasteiger partial charge on any atom is -0.469 e. The molecule has 1 N–H and O–H groups in total. The smallest absolute Gasteiger partial charge is 0.307 e. The molecule has 1 amide bonds. The molecule has 0 atom stereocenters. The Bertz CT molecular complexity index is 584. The van der Waals surface area contributed by atoms with Gasteiger partial charge in [-0.2, -0.15) is 0 Å². The highest BCUT2D eigenvalue weighted by Gasteiger charge is 2.17. The van der Waals surface area contributed by atoms with Gasteiger partial charge in [0.1, 0.15) is 0 Å². The van der Waals surface area contributed by atoms with Crippen molar-refractivity contribution in [3.8, 4) is 0 Å². The van der Waals surface area contributed by atoms with Gasteiger partial charge in [-0.1, -0.05) is 29.8 Å². The van der Waals surface area contributed by atoms with Crippen LogP contribution in [-0.2, 0) is 19.1 Å². The van der Waals surface area contributed by atoms with E-state index in [1.165, 1.54) is 12.0 Å². The first-order valence-electron chi connectivity index (χ1n) is 8.61. The van der Waals surface area contributed by atoms with Crippen LogP contribution >= 0.6 is 0 Å². The number of carbonyl (C=O) groups is 3. The number of carbonyl (C=O) groups excluding carboxylic acids is 3. The second kappa shape index (κ2) is 12.2. The number of Topliss-reactive ketones (excluding diaryl/α,β-unsaturated/α-hetero) is 1. The lowest BCUT2D eigenvalue weighted by Gasteiger charge is -2.22. The van der Waals surface area contributed by atoms with E-state index in [-0.39, 0.29) is 63.9 Å². The number of rotatable bonds is 12. The number of hydrogen-bond acceptors (Lipinski definition) is 6. The SMILES string of the molecule is COC(=O)CCN(CCOCCO)C(=O)CCC(=O)c1ccc(C)cc1. The number of ketones is 1. The summed E-state index contributed by atoms with van der Waals surface area (Å²) in [6.07, 6.45) is 0.246. The van der Waals surface area contributed by atoms with Gasteiger partial charge in [0.05, 0.1) is 33.4 Å². The van der Waals surface area contributed by atoms with E-state index >= 15 is 0 Å². The molecule has 0 saturated heterocycles. The van der Waals surface area contributed by atoms with Crippen molar-refractivity contribution in [2.45, 2.75) is 26.2 Å². The van der Waals surface area contributed by atoms with Gasteiger partial charge >= 0.3 is 5.97 Å². The van der Waals surface area contributed by atoms with Crippen molar-refractivity contribution in [1.29, 1.82) is 0 Å². The van der Waals surface area contributed by atoms with Gasteiger partial charge in [-0.25, -0.2) is 0 Å². The van der Waals surface area contributed by atoms with Crippen molar-refractivity contribution in [1.82, 2.24) is 4.90 Å². The van der Waals surface area contributed by atoms with Gasteiger partial charge < -0.3 is 19.5 Å². The van der Waals surface area contributed by atoms with Gasteiger partial charge in [-0.05, 0) is 6.92 Å². The fourth-order valence-corrected chi connectivity index (χ4v) is 2.29. The van der Waals surface area contributed by atoms with Crippen LogP contribution in [0.2, 0.25) is 0 Å². The van der Waals surface area contributed by atoms with Crippen LogP contribution in [0, 0.1) is 6.92 Å². The molecule has 144 valence electrons. The molecule has 0 aromatic heterocycles. The van der Waals surface area contributed by atoms with E-state index in [1.807, 2.05) is 19.1 Å². The maximum atomic E-state index is 12.4. The summed E-state index contributed by atoms with van der Waals surface area (Å²) in [5.41, 5.74) is 1.64. The van der Waals surface area contributed by atoms with Crippen LogP contribution < -0.4 is 0 Å². The van der Waals surface area contributed by atoms with Crippen LogP contribution in [-0.4, -0.2) is 67.7 Å². The van der Waals surface area contributed by atoms with Crippen molar-refractivity contribution in [3.63, 3.8) is 0 Å². The van der Waals surface area contributed by atoms with Gasteiger partial charge in [0, 0.05) is 31.5 Å². The minimum absolute atomic E-state index is 0.0634. The predicted octanol–water partition coefficient (Wildman–Crippen LogP) is 1.36. The molecule has 1 aromatic rings. The first-order chi connectivity index (χ1) is 12.5. The molecule has 1 aromatic carbocycles. The lowest BCUT2D eigenvalue weighted by Crippen LogP contribution is -2.36. The molecule has 26 heavy (non-hydrogen) atoms. The molecule has 1 rings (SSSR count). The van der Waals surface area contributed by atoms with E-state index in [0.29, 0.717) is 5.56 Å². The first kappa shape index (κ1) is 21.8. The zero-order chi connectivity index (χ0) is 19.4. The number of esters is 1. The third-order valence-corrected chi connectivity index (χ3v) is 3.85. The Morgan fingerprint density at radius 2 is 1.69 bits per heavy atom. The van der Waals surface area contributed by atoms with E-state index < -0.39 is 5.97 Å². The van der Waals surface area contributed by atoms with Gasteiger partial charge in [0.25, 0.3) is 0 Å². The summed E-state index contributed by atoms with van der Waals surface area (Å²) in [4.78, 5) is 37.4. The highest BCUT2D eigenvalue weighted by Crippen LogP contribution is 2.09. The van der Waals surface area contributed by atoms with Crippen molar-refractivity contribution in [2.24, 2.45) is 0 Å². The topological polar surface area (TPSA) is 93.1 Å². The molecule has 0 bridgehead atoms. The monoisotopic (exact) mass is 365 g/mol. The molecule has 0 aliphatic carbocycles. The highest BCUT2D eigenvalue weighted by molar-refractivity contribution is 5.98. The number of ether oxygens (including phenoxy) is 2. The number of amides is 1. The molecular formula is C19H27NO6. The van der Waals surface area contributed by atoms with E-state index in [9.17, 15) is 14.4 Å². The molecular weight excluding hydrogens is 338 g/mol. The number of aliphatic hydroxyl groups is 1. The normalized spacial score (nSPS) is 10.4. The number of methoxy groups -OCH3 is 1. The Kier molecular flexibility index (Phi) is 10.2. The standard InChI is InChI=1S/C19H27NO6/c1-15-3-5-16(6-4-15)17(22)7-8-18(23)20(10-9-19(24)25-2)11-13-26-14-12-21/h3-6,21H,7-14H2,1-2H3. The summed E-state index contributed by atoms with van der Waals surface area (Å²) in [5.74, 6) is -0.723. The van der Waals surface area contributed by atoms with E-state index in [2.05, 4.69) is 4.74 Å². The molecule has 7 heteroatoms. The minimum atomic E-state index is -0.408. The van der Waals surface area contributed by atoms with Crippen LogP contribution in [0.1, 0.15) is 35.2 Å². The van der Waals surface area contributed by atoms with Crippen LogP contribution in [0.5, 0.6) is 0 Å². The van der Waals surface area contributed by atoms with Gasteiger partial charge in [-0.3, -0.25) is 14.4 Å². The molecule has 0 saturated carbocycles. The maximum absolute atomic E-state index is 12.4. The molecule has 0 heterocycles. The Balaban J connectivity index is 2.54. The second-order valence-corrected chi connectivity index (χ2v) is 5.83. The van der Waals surface area contributed by atoms with Crippen molar-refractivity contribution in [3.05, 3.63) is 35.4 Å². The van der Waals surface area contributed by atoms with Gasteiger partial charge in [0.15, 0.2) is 5.78 Å². The molecule has 0 unspecified atom stereocenters. The molecule has 0 fully saturated rings. The Morgan fingerprint density at radius 3 is 2.31 bits per heavy atom. The summed E-state index contributed by atoms with van der Waals surface area (Å²) in [6, 6.07) is 7.21. The van der Waals surface area contributed by atoms with E-state index in [1.54, 1.807) is 12.1 Å². The fourth-order valence-electron chi connectivity index (χ4n) is 2.29. The first-order valence-corrected chi connectivity index (χ1v) is 8.61. The second-order valence-electron chi connectivity index (χ2n) is 5.83. The predicted molar refractivity (Wildman–Crippen MR) is 95.9 cm³/mol. The Morgan fingerprint density at radius 1 is 1.00 bits per heavy atom. The zero-order valence-electron chi connectivity index (χ0n) is 15.4. The zero-order valence-corrected chi connectivity index (χ0v) is 15.4. The number of aliphatic hydroxyl groups excluding tert-OH is 1. The lowest BCUT2D eigenvalue weighted by molar-refractivity contribution is -0.142. The summed E-state index contributed by atoms with van der Waals surface area (Å²) in [7, 11) is 1.29. The quantitative estimate of drug-likeness (QED) is 0.341. The number of nitrogens with zero attached hydrogens (tertiary/aromatic N) is 1. The van der Waals surface area contributed by atoms with Gasteiger partial charge in [0.2, 0.25) is 5.91 Å². The number of hydrogen-bond donors (Lipinski definition) is 1. The van der Waals surface area contributed by atoms with Crippen LogP contribution in [0.3, 0.4) is 0 Å². The summed E-state index contributed by atoms with van der Waals surface area (Å²) in [6.45, 7) is 2.77. The van der Waals surface area contributed by atoms with E-state index in [4.69, 9.17) is 9.84 Å². The Hall–Kier alpha value is -2.25. The summed E-state index contributed by atoms with van der Waals surface area (Å²) < 4.78 is 9.77.